The number of hydrazine groups is 2. The SMILES string of the molecule is C=Cc1ccnnn1.NNC(=O)NN. The molecule has 8 nitrogen and oxygen atoms in total. The molecular formula is C6H11N7O. The topological polar surface area (TPSA) is 132 Å². The highest BCUT2D eigenvalue weighted by Gasteiger charge is 1.83. The van der Waals surface area contributed by atoms with Crippen molar-refractivity contribution in [3.63, 3.8) is 0 Å². The molecule has 0 unspecified atom stereocenters. The lowest BCUT2D eigenvalue weighted by atomic mass is 10.4. The number of carbonyl (C=O) groups excluding carboxylic acids is 1. The Kier molecular flexibility index (Phi) is 6.47. The van der Waals surface area contributed by atoms with Crippen molar-refractivity contribution < 1.29 is 4.79 Å². The zero-order valence-corrected chi connectivity index (χ0v) is 7.34. The summed E-state index contributed by atoms with van der Waals surface area (Å²) in [5.74, 6) is 9.08. The number of amides is 2. The minimum atomic E-state index is -0.602. The van der Waals surface area contributed by atoms with Gasteiger partial charge in [0.25, 0.3) is 0 Å². The molecule has 0 aliphatic carbocycles. The molecule has 0 aromatic carbocycles. The molecule has 14 heavy (non-hydrogen) atoms. The van der Waals surface area contributed by atoms with Gasteiger partial charge >= 0.3 is 6.03 Å². The third-order valence-corrected chi connectivity index (χ3v) is 0.995. The molecule has 0 fully saturated rings. The second-order valence-corrected chi connectivity index (χ2v) is 1.87. The van der Waals surface area contributed by atoms with Crippen molar-refractivity contribution in [1.29, 1.82) is 0 Å². The number of nitrogens with two attached hydrogens (primary N) is 2. The molecule has 1 aromatic heterocycles. The van der Waals surface area contributed by atoms with Crippen LogP contribution in [0, 0.1) is 0 Å². The summed E-state index contributed by atoms with van der Waals surface area (Å²) in [5, 5.41) is 10.5. The molecule has 0 radical (unpaired) electrons. The predicted octanol–water partition coefficient (Wildman–Crippen LogP) is -1.45. The first kappa shape index (κ1) is 11.9. The summed E-state index contributed by atoms with van der Waals surface area (Å²) < 4.78 is 0. The summed E-state index contributed by atoms with van der Waals surface area (Å²) in [5.41, 5.74) is 4.23. The molecule has 0 saturated carbocycles. The first-order chi connectivity index (χ1) is 6.74. The monoisotopic (exact) mass is 197 g/mol. The Labute approximate surface area is 80.3 Å². The average molecular weight is 197 g/mol. The largest absolute Gasteiger partial charge is 0.343 e. The number of urea groups is 1. The molecule has 6 N–H and O–H groups in total. The Morgan fingerprint density at radius 3 is 2.36 bits per heavy atom. The Morgan fingerprint density at radius 2 is 2.14 bits per heavy atom. The van der Waals surface area contributed by atoms with Crippen molar-refractivity contribution in [3.05, 3.63) is 24.5 Å². The zero-order valence-electron chi connectivity index (χ0n) is 7.34. The molecule has 1 rings (SSSR count). The standard InChI is InChI=1S/C5H5N3.CH6N4O/c1-2-5-3-4-6-8-7-5;2-4-1(6)5-3/h2-4H,1H2;2-3H2,(H2,4,5,6). The van der Waals surface area contributed by atoms with E-state index in [0.717, 1.165) is 5.69 Å². The molecule has 0 bridgehead atoms. The van der Waals surface area contributed by atoms with Crippen LogP contribution < -0.4 is 22.5 Å². The summed E-state index contributed by atoms with van der Waals surface area (Å²) in [4.78, 5) is 9.71. The van der Waals surface area contributed by atoms with Gasteiger partial charge in [0.05, 0.1) is 11.9 Å². The van der Waals surface area contributed by atoms with Gasteiger partial charge < -0.3 is 0 Å². The van der Waals surface area contributed by atoms with Crippen LogP contribution in [0.3, 0.4) is 0 Å². The lowest BCUT2D eigenvalue weighted by Gasteiger charge is -1.90. The number of rotatable bonds is 1. The van der Waals surface area contributed by atoms with Crippen molar-refractivity contribution >= 4 is 12.1 Å². The Hall–Kier alpha value is -2.06. The highest BCUT2D eigenvalue weighted by Crippen LogP contribution is 1.87. The van der Waals surface area contributed by atoms with Crippen LogP contribution in [0.25, 0.3) is 6.08 Å². The number of carbonyl (C=O) groups is 1. The maximum atomic E-state index is 9.71. The van der Waals surface area contributed by atoms with E-state index in [0.29, 0.717) is 0 Å². The van der Waals surface area contributed by atoms with Gasteiger partial charge in [0.2, 0.25) is 0 Å². The normalized spacial score (nSPS) is 7.86. The van der Waals surface area contributed by atoms with Crippen LogP contribution in [0.5, 0.6) is 0 Å². The van der Waals surface area contributed by atoms with E-state index in [-0.39, 0.29) is 0 Å². The fraction of sp³-hybridized carbons (Fsp3) is 0. The lowest BCUT2D eigenvalue weighted by molar-refractivity contribution is 0.241. The van der Waals surface area contributed by atoms with E-state index in [1.54, 1.807) is 29.2 Å². The molecular weight excluding hydrogens is 186 g/mol. The number of hydrogen-bond acceptors (Lipinski definition) is 6. The van der Waals surface area contributed by atoms with Crippen LogP contribution in [0.2, 0.25) is 0 Å². The highest BCUT2D eigenvalue weighted by molar-refractivity contribution is 5.72. The lowest BCUT2D eigenvalue weighted by Crippen LogP contribution is -2.43. The van der Waals surface area contributed by atoms with Crippen molar-refractivity contribution in [1.82, 2.24) is 26.3 Å². The van der Waals surface area contributed by atoms with Gasteiger partial charge in [0.15, 0.2) is 0 Å². The van der Waals surface area contributed by atoms with Crippen molar-refractivity contribution in [2.75, 3.05) is 0 Å². The van der Waals surface area contributed by atoms with E-state index in [1.165, 1.54) is 0 Å². The minimum absolute atomic E-state index is 0.602. The second kappa shape index (κ2) is 7.58. The molecule has 2 amide bonds. The van der Waals surface area contributed by atoms with Gasteiger partial charge in [-0.25, -0.2) is 16.5 Å². The smallest absolute Gasteiger partial charge is 0.275 e. The molecule has 0 aliphatic rings. The van der Waals surface area contributed by atoms with Gasteiger partial charge in [-0.3, -0.25) is 10.9 Å². The summed E-state index contributed by atoms with van der Waals surface area (Å²) in [6, 6.07) is 1.13. The maximum absolute atomic E-state index is 9.71. The highest BCUT2D eigenvalue weighted by atomic mass is 16.2. The summed E-state index contributed by atoms with van der Waals surface area (Å²) >= 11 is 0. The third-order valence-electron chi connectivity index (χ3n) is 0.995. The summed E-state index contributed by atoms with van der Waals surface area (Å²) in [7, 11) is 0. The van der Waals surface area contributed by atoms with Gasteiger partial charge in [-0.15, -0.1) is 10.2 Å². The van der Waals surface area contributed by atoms with Gasteiger partial charge in [-0.2, -0.15) is 0 Å². The Bertz CT molecular complexity index is 269. The Morgan fingerprint density at radius 1 is 1.50 bits per heavy atom. The van der Waals surface area contributed by atoms with E-state index < -0.39 is 6.03 Å². The number of hydrogen-bond donors (Lipinski definition) is 4. The van der Waals surface area contributed by atoms with E-state index in [1.807, 2.05) is 0 Å². The molecule has 8 heteroatoms. The van der Waals surface area contributed by atoms with E-state index in [2.05, 4.69) is 33.7 Å². The summed E-state index contributed by atoms with van der Waals surface area (Å²) in [6.45, 7) is 3.50. The number of aromatic nitrogens is 3. The van der Waals surface area contributed by atoms with E-state index in [9.17, 15) is 4.79 Å². The summed E-state index contributed by atoms with van der Waals surface area (Å²) in [6.07, 6.45) is 3.19. The fourth-order valence-corrected chi connectivity index (χ4v) is 0.401. The number of nitrogens with one attached hydrogen (secondary N) is 2. The van der Waals surface area contributed by atoms with Crippen molar-refractivity contribution in [2.24, 2.45) is 11.7 Å². The minimum Gasteiger partial charge on any atom is -0.275 e. The van der Waals surface area contributed by atoms with Crippen LogP contribution in [0.15, 0.2) is 18.8 Å². The predicted molar refractivity (Wildman–Crippen MR) is 50.0 cm³/mol. The van der Waals surface area contributed by atoms with E-state index in [4.69, 9.17) is 0 Å². The first-order valence-electron chi connectivity index (χ1n) is 3.48. The van der Waals surface area contributed by atoms with Crippen molar-refractivity contribution in [2.45, 2.75) is 0 Å². The molecule has 1 heterocycles. The third kappa shape index (κ3) is 5.57. The average Bonchev–Trinajstić information content (AvgIpc) is 2.30. The molecule has 0 aliphatic heterocycles. The van der Waals surface area contributed by atoms with Gasteiger partial charge in [0, 0.05) is 0 Å². The molecule has 1 aromatic rings. The van der Waals surface area contributed by atoms with Crippen LogP contribution >= 0.6 is 0 Å². The first-order valence-corrected chi connectivity index (χ1v) is 3.48. The number of nitrogens with zero attached hydrogens (tertiary/aromatic N) is 3. The van der Waals surface area contributed by atoms with Crippen LogP contribution in [0.1, 0.15) is 5.69 Å². The van der Waals surface area contributed by atoms with Gasteiger partial charge in [-0.05, 0) is 17.4 Å². The quantitative estimate of drug-likeness (QED) is 0.247. The second-order valence-electron chi connectivity index (χ2n) is 1.87. The van der Waals surface area contributed by atoms with E-state index >= 15 is 0 Å². The molecule has 0 spiro atoms. The molecule has 0 saturated heterocycles. The van der Waals surface area contributed by atoms with Gasteiger partial charge in [-0.1, -0.05) is 6.58 Å². The zero-order chi connectivity index (χ0) is 10.8. The molecule has 76 valence electrons. The van der Waals surface area contributed by atoms with Crippen LogP contribution in [-0.2, 0) is 0 Å². The Balaban J connectivity index is 0.000000255. The van der Waals surface area contributed by atoms with Crippen LogP contribution in [-0.4, -0.2) is 21.4 Å². The fourth-order valence-electron chi connectivity index (χ4n) is 0.401. The maximum Gasteiger partial charge on any atom is 0.343 e. The molecule has 0 atom stereocenters. The van der Waals surface area contributed by atoms with Gasteiger partial charge in [0.1, 0.15) is 0 Å². The van der Waals surface area contributed by atoms with Crippen molar-refractivity contribution in [3.8, 4) is 0 Å². The van der Waals surface area contributed by atoms with Crippen LogP contribution in [0.4, 0.5) is 4.79 Å².